The van der Waals surface area contributed by atoms with Crippen LogP contribution in [-0.4, -0.2) is 8.52 Å². The van der Waals surface area contributed by atoms with E-state index in [9.17, 15) is 9.59 Å². The van der Waals surface area contributed by atoms with Crippen molar-refractivity contribution >= 4 is 11.5 Å². The highest BCUT2D eigenvalue weighted by atomic mass is 32.1. The summed E-state index contributed by atoms with van der Waals surface area (Å²) in [5, 5.41) is 0. The fraction of sp³-hybridized carbons (Fsp3) is 0.125. The molecule has 106 valence electrons. The summed E-state index contributed by atoms with van der Waals surface area (Å²) in [5.74, 6) is 0. The summed E-state index contributed by atoms with van der Waals surface area (Å²) in [5.41, 5.74) is 2.48. The molecule has 0 aliphatic heterocycles. The number of rotatable bonds is 3. The van der Waals surface area contributed by atoms with E-state index < -0.39 is 0 Å². The van der Waals surface area contributed by atoms with Crippen LogP contribution < -0.4 is 10.6 Å². The van der Waals surface area contributed by atoms with E-state index >= 15 is 0 Å². The van der Waals surface area contributed by atoms with E-state index in [1.165, 1.54) is 8.52 Å². The second-order valence-electron chi connectivity index (χ2n) is 4.84. The van der Waals surface area contributed by atoms with Gasteiger partial charge in [-0.3, -0.25) is 4.79 Å². The smallest absolute Gasteiger partial charge is 0.255 e. The number of hydrogen-bond donors (Lipinski definition) is 0. The molecule has 3 rings (SSSR count). The van der Waals surface area contributed by atoms with Crippen LogP contribution in [0.4, 0.5) is 0 Å². The first-order chi connectivity index (χ1) is 10.1. The van der Waals surface area contributed by atoms with Crippen molar-refractivity contribution in [3.63, 3.8) is 0 Å². The van der Waals surface area contributed by atoms with Crippen molar-refractivity contribution < 1.29 is 0 Å². The Hall–Kier alpha value is -2.40. The molecule has 0 aliphatic carbocycles. The molecule has 0 saturated heterocycles. The minimum absolute atomic E-state index is 0.245. The molecule has 0 unspecified atom stereocenters. The van der Waals surface area contributed by atoms with Gasteiger partial charge < -0.3 is 0 Å². The van der Waals surface area contributed by atoms with Crippen LogP contribution >= 0.6 is 11.5 Å². The summed E-state index contributed by atoms with van der Waals surface area (Å²) in [6.07, 6.45) is 0. The van der Waals surface area contributed by atoms with Crippen molar-refractivity contribution in [1.82, 2.24) is 8.52 Å². The molecule has 0 aliphatic rings. The van der Waals surface area contributed by atoms with Crippen molar-refractivity contribution in [3.8, 4) is 5.69 Å². The third-order valence-corrected chi connectivity index (χ3v) is 4.13. The number of aromatic nitrogens is 2. The third-order valence-electron chi connectivity index (χ3n) is 3.21. The van der Waals surface area contributed by atoms with Gasteiger partial charge in [0.15, 0.2) is 0 Å². The number of para-hydroxylation sites is 1. The molecule has 2 aromatic carbocycles. The summed E-state index contributed by atoms with van der Waals surface area (Å²) in [4.78, 5) is 24.3. The van der Waals surface area contributed by atoms with E-state index in [0.717, 1.165) is 22.7 Å². The average Bonchev–Trinajstić information content (AvgIpc) is 2.76. The lowest BCUT2D eigenvalue weighted by atomic mass is 10.1. The molecule has 0 saturated carbocycles. The Kier molecular flexibility index (Phi) is 3.58. The topological polar surface area (TPSA) is 44.0 Å². The lowest BCUT2D eigenvalue weighted by Crippen LogP contribution is -2.28. The lowest BCUT2D eigenvalue weighted by molar-refractivity contribution is 0.722. The molecule has 0 spiro atoms. The molecule has 0 atom stereocenters. The van der Waals surface area contributed by atoms with E-state index in [4.69, 9.17) is 0 Å². The van der Waals surface area contributed by atoms with Crippen molar-refractivity contribution in [2.75, 3.05) is 0 Å². The fourth-order valence-electron chi connectivity index (χ4n) is 2.21. The summed E-state index contributed by atoms with van der Waals surface area (Å²) in [7, 11) is 0. The van der Waals surface area contributed by atoms with Crippen LogP contribution in [0.25, 0.3) is 5.69 Å². The molecule has 21 heavy (non-hydrogen) atoms. The Morgan fingerprint density at radius 2 is 1.76 bits per heavy atom. The van der Waals surface area contributed by atoms with Gasteiger partial charge >= 0.3 is 10.6 Å². The Morgan fingerprint density at radius 3 is 2.48 bits per heavy atom. The molecule has 0 bridgehead atoms. The van der Waals surface area contributed by atoms with E-state index in [-0.39, 0.29) is 10.6 Å². The monoisotopic (exact) mass is 298 g/mol. The third kappa shape index (κ3) is 2.73. The second-order valence-corrected chi connectivity index (χ2v) is 5.74. The zero-order valence-corrected chi connectivity index (χ0v) is 12.3. The predicted molar refractivity (Wildman–Crippen MR) is 84.5 cm³/mol. The number of aryl methyl sites for hydroxylation is 1. The van der Waals surface area contributed by atoms with Crippen LogP contribution in [0.5, 0.6) is 0 Å². The Bertz CT molecular complexity index is 875. The van der Waals surface area contributed by atoms with Crippen LogP contribution in [0.2, 0.25) is 0 Å². The minimum Gasteiger partial charge on any atom is -0.255 e. The summed E-state index contributed by atoms with van der Waals surface area (Å²) in [6.45, 7) is 2.29. The quantitative estimate of drug-likeness (QED) is 0.745. The van der Waals surface area contributed by atoms with Crippen LogP contribution in [0.3, 0.4) is 0 Å². The van der Waals surface area contributed by atoms with Gasteiger partial charge in [-0.2, -0.15) is 0 Å². The van der Waals surface area contributed by atoms with Crippen molar-refractivity contribution in [1.29, 1.82) is 0 Å². The highest BCUT2D eigenvalue weighted by Crippen LogP contribution is 2.07. The molecule has 0 N–H and O–H groups in total. The first-order valence-electron chi connectivity index (χ1n) is 6.59. The molecule has 4 nitrogen and oxygen atoms in total. The van der Waals surface area contributed by atoms with E-state index in [1.54, 1.807) is 0 Å². The largest absolute Gasteiger partial charge is 0.346 e. The van der Waals surface area contributed by atoms with Gasteiger partial charge in [-0.1, -0.05) is 48.0 Å². The van der Waals surface area contributed by atoms with E-state index in [0.29, 0.717) is 12.2 Å². The Morgan fingerprint density at radius 1 is 1.00 bits per heavy atom. The number of hydrogen-bond acceptors (Lipinski definition) is 3. The fourth-order valence-corrected chi connectivity index (χ4v) is 3.01. The highest BCUT2D eigenvalue weighted by molar-refractivity contribution is 7.03. The zero-order valence-electron chi connectivity index (χ0n) is 11.5. The Balaban J connectivity index is 2.03. The molecule has 0 fully saturated rings. The maximum Gasteiger partial charge on any atom is 0.346 e. The first-order valence-corrected chi connectivity index (χ1v) is 7.36. The molecule has 0 radical (unpaired) electrons. The van der Waals surface area contributed by atoms with Gasteiger partial charge in [0, 0.05) is 11.5 Å². The summed E-state index contributed by atoms with van der Waals surface area (Å²) >= 11 is 0.929. The standard InChI is InChI=1S/C16H14N2O2S/c1-12-6-5-7-13(10-12)11-17-15(19)18(21-16(17)20)14-8-3-2-4-9-14/h2-10H,11H2,1H3. The van der Waals surface area contributed by atoms with Gasteiger partial charge in [0.2, 0.25) is 0 Å². The van der Waals surface area contributed by atoms with Crippen LogP contribution in [-0.2, 0) is 6.54 Å². The van der Waals surface area contributed by atoms with Gasteiger partial charge in [0.25, 0.3) is 0 Å². The second kappa shape index (κ2) is 5.54. The number of benzene rings is 2. The lowest BCUT2D eigenvalue weighted by Gasteiger charge is -2.02. The molecule has 5 heteroatoms. The van der Waals surface area contributed by atoms with Gasteiger partial charge in [-0.05, 0) is 24.6 Å². The molecule has 1 aromatic heterocycles. The summed E-state index contributed by atoms with van der Waals surface area (Å²) < 4.78 is 2.70. The molecule has 0 amide bonds. The van der Waals surface area contributed by atoms with Crippen LogP contribution in [0.1, 0.15) is 11.1 Å². The van der Waals surface area contributed by atoms with E-state index in [2.05, 4.69) is 0 Å². The predicted octanol–water partition coefficient (Wildman–Crippen LogP) is 2.42. The normalized spacial score (nSPS) is 10.7. The van der Waals surface area contributed by atoms with Crippen LogP contribution in [0, 0.1) is 6.92 Å². The van der Waals surface area contributed by atoms with Crippen molar-refractivity contribution in [2.45, 2.75) is 13.5 Å². The molecular weight excluding hydrogens is 284 g/mol. The highest BCUT2D eigenvalue weighted by Gasteiger charge is 2.11. The molecule has 3 aromatic rings. The maximum atomic E-state index is 12.4. The zero-order chi connectivity index (χ0) is 14.8. The van der Waals surface area contributed by atoms with Gasteiger partial charge in [0.1, 0.15) is 0 Å². The summed E-state index contributed by atoms with van der Waals surface area (Å²) in [6, 6.07) is 17.0. The molecule has 1 heterocycles. The average molecular weight is 298 g/mol. The van der Waals surface area contributed by atoms with Gasteiger partial charge in [0.05, 0.1) is 12.2 Å². The van der Waals surface area contributed by atoms with Crippen molar-refractivity contribution in [2.24, 2.45) is 0 Å². The SMILES string of the molecule is Cc1cccc(Cn2c(=O)sn(-c3ccccc3)c2=O)c1. The first kappa shape index (κ1) is 13.6. The van der Waals surface area contributed by atoms with Gasteiger partial charge in [-0.15, -0.1) is 0 Å². The maximum absolute atomic E-state index is 12.4. The minimum atomic E-state index is -0.294. The molecular formula is C16H14N2O2S. The number of nitrogens with zero attached hydrogens (tertiary/aromatic N) is 2. The Labute approximate surface area is 125 Å². The van der Waals surface area contributed by atoms with Gasteiger partial charge in [-0.25, -0.2) is 13.3 Å². The van der Waals surface area contributed by atoms with E-state index in [1.807, 2.05) is 61.5 Å². The van der Waals surface area contributed by atoms with Crippen molar-refractivity contribution in [3.05, 3.63) is 85.9 Å². The van der Waals surface area contributed by atoms with Crippen LogP contribution in [0.15, 0.2) is 64.2 Å².